The van der Waals surface area contributed by atoms with Gasteiger partial charge in [0, 0.05) is 70.4 Å². The van der Waals surface area contributed by atoms with Crippen molar-refractivity contribution in [3.05, 3.63) is 29.6 Å². The first kappa shape index (κ1) is 26.4. The van der Waals surface area contributed by atoms with E-state index in [1.807, 2.05) is 0 Å². The molecular weight excluding hydrogens is 480 g/mol. The highest BCUT2D eigenvalue weighted by atomic mass is 19.1. The number of rotatable bonds is 6. The highest BCUT2D eigenvalue weighted by Crippen LogP contribution is 2.39. The number of carbonyl (C=O) groups is 2. The Bertz CT molecular complexity index is 994. The van der Waals surface area contributed by atoms with E-state index in [-0.39, 0.29) is 36.7 Å². The van der Waals surface area contributed by atoms with E-state index in [9.17, 15) is 19.1 Å². The number of carboxylic acids is 1. The van der Waals surface area contributed by atoms with Crippen LogP contribution in [0.15, 0.2) is 18.2 Å². The number of carboxylic acid groups (broad SMARTS) is 1. The van der Waals surface area contributed by atoms with Gasteiger partial charge in [0.05, 0.1) is 12.0 Å². The van der Waals surface area contributed by atoms with E-state index in [1.165, 1.54) is 12.1 Å². The molecule has 1 aliphatic carbocycles. The number of aliphatic carboxylic acids is 1. The van der Waals surface area contributed by atoms with E-state index in [4.69, 9.17) is 4.74 Å². The number of hydrogen-bond acceptors (Lipinski definition) is 5. The largest absolute Gasteiger partial charge is 0.481 e. The van der Waals surface area contributed by atoms with Crippen LogP contribution in [0.1, 0.15) is 62.8 Å². The van der Waals surface area contributed by atoms with E-state index in [0.29, 0.717) is 58.0 Å². The Morgan fingerprint density at radius 1 is 1.03 bits per heavy atom. The number of anilines is 1. The van der Waals surface area contributed by atoms with Gasteiger partial charge in [-0.3, -0.25) is 14.5 Å². The van der Waals surface area contributed by atoms with Crippen LogP contribution < -0.4 is 4.90 Å². The number of hydrogen-bond donors (Lipinski definition) is 1. The van der Waals surface area contributed by atoms with Crippen LogP contribution >= 0.6 is 0 Å². The van der Waals surface area contributed by atoms with Crippen LogP contribution in [0.25, 0.3) is 0 Å². The Balaban J connectivity index is 1.22. The van der Waals surface area contributed by atoms with Crippen molar-refractivity contribution in [2.75, 3.05) is 51.3 Å². The van der Waals surface area contributed by atoms with Crippen molar-refractivity contribution >= 4 is 17.6 Å². The van der Waals surface area contributed by atoms with E-state index in [1.54, 1.807) is 18.1 Å². The number of alkyl halides is 1. The van der Waals surface area contributed by atoms with Gasteiger partial charge in [-0.1, -0.05) is 6.07 Å². The van der Waals surface area contributed by atoms with Gasteiger partial charge in [-0.25, -0.2) is 8.78 Å². The zero-order valence-corrected chi connectivity index (χ0v) is 21.7. The van der Waals surface area contributed by atoms with Crippen molar-refractivity contribution in [3.8, 4) is 0 Å². The van der Waals surface area contributed by atoms with Crippen LogP contribution in [0, 0.1) is 11.7 Å². The molecule has 0 bridgehead atoms. The van der Waals surface area contributed by atoms with Gasteiger partial charge in [-0.2, -0.15) is 0 Å². The second-order valence-electron chi connectivity index (χ2n) is 11.4. The van der Waals surface area contributed by atoms with E-state index < -0.39 is 17.5 Å². The number of likely N-dealkylation sites (tertiary alicyclic amines) is 2. The Hall–Kier alpha value is -2.26. The Morgan fingerprint density at radius 2 is 1.76 bits per heavy atom. The van der Waals surface area contributed by atoms with Gasteiger partial charge in [0.1, 0.15) is 5.82 Å². The lowest BCUT2D eigenvalue weighted by molar-refractivity contribution is -0.143. The van der Waals surface area contributed by atoms with Crippen LogP contribution in [0.3, 0.4) is 0 Å². The van der Waals surface area contributed by atoms with Crippen molar-refractivity contribution in [2.45, 2.75) is 75.1 Å². The molecule has 4 fully saturated rings. The van der Waals surface area contributed by atoms with Crippen LogP contribution in [-0.4, -0.2) is 91.0 Å². The molecule has 1 N–H and O–H groups in total. The summed E-state index contributed by atoms with van der Waals surface area (Å²) < 4.78 is 35.7. The number of piperidine rings is 1. The molecule has 3 aliphatic heterocycles. The standard InChI is InChI=1S/C28H39F2N3O4/c1-37-23-5-3-22(4-6-23)33-15-11-28(30,18-33)27(36)32-14-10-20(17-32)24-7-2-21(29)16-25(24)31-12-8-19(9-13-31)26(34)35/h2,7,16,19-20,22-23H,3-6,8-15,17-18H2,1H3,(H,34,35)/t20-,22?,23?,28-/m1/s1. The SMILES string of the molecule is COC1CCC(N2CC[C@](F)(C(=O)N3CC[C@@H](c4ccc(F)cc4N4CCC(C(=O)O)CC4)C3)C2)CC1. The van der Waals surface area contributed by atoms with Crippen LogP contribution in [-0.2, 0) is 14.3 Å². The number of amides is 1. The average molecular weight is 520 g/mol. The minimum atomic E-state index is -1.85. The monoisotopic (exact) mass is 519 g/mol. The summed E-state index contributed by atoms with van der Waals surface area (Å²) in [4.78, 5) is 30.6. The maximum atomic E-state index is 16.0. The van der Waals surface area contributed by atoms with Gasteiger partial charge in [-0.05, 0) is 62.6 Å². The van der Waals surface area contributed by atoms with Gasteiger partial charge >= 0.3 is 5.97 Å². The Morgan fingerprint density at radius 3 is 2.43 bits per heavy atom. The first-order chi connectivity index (χ1) is 17.8. The van der Waals surface area contributed by atoms with Gasteiger partial charge in [-0.15, -0.1) is 0 Å². The number of benzene rings is 1. The van der Waals surface area contributed by atoms with Crippen LogP contribution in [0.5, 0.6) is 0 Å². The molecule has 3 heterocycles. The third-order valence-electron chi connectivity index (χ3n) is 9.22. The predicted molar refractivity (Wildman–Crippen MR) is 136 cm³/mol. The number of nitrogens with zero attached hydrogens (tertiary/aromatic N) is 3. The summed E-state index contributed by atoms with van der Waals surface area (Å²) >= 11 is 0. The molecular formula is C28H39F2N3O4. The molecule has 0 unspecified atom stereocenters. The second-order valence-corrected chi connectivity index (χ2v) is 11.4. The third kappa shape index (κ3) is 5.48. The number of carbonyl (C=O) groups excluding carboxylic acids is 1. The highest BCUT2D eigenvalue weighted by Gasteiger charge is 2.50. The van der Waals surface area contributed by atoms with Crippen LogP contribution in [0.2, 0.25) is 0 Å². The fraction of sp³-hybridized carbons (Fsp3) is 0.714. The third-order valence-corrected chi connectivity index (χ3v) is 9.22. The number of halogens is 2. The van der Waals surface area contributed by atoms with Gasteiger partial charge in [0.25, 0.3) is 5.91 Å². The summed E-state index contributed by atoms with van der Waals surface area (Å²) in [6, 6.07) is 5.06. The van der Waals surface area contributed by atoms with Crippen LogP contribution in [0.4, 0.5) is 14.5 Å². The minimum Gasteiger partial charge on any atom is -0.481 e. The first-order valence-corrected chi connectivity index (χ1v) is 13.8. The molecule has 4 aliphatic rings. The van der Waals surface area contributed by atoms with Gasteiger partial charge in [0.2, 0.25) is 5.67 Å². The lowest BCUT2D eigenvalue weighted by Gasteiger charge is -2.35. The van der Waals surface area contributed by atoms with Crippen molar-refractivity contribution < 1.29 is 28.2 Å². The molecule has 5 rings (SSSR count). The molecule has 1 amide bonds. The maximum absolute atomic E-state index is 16.0. The second kappa shape index (κ2) is 10.8. The molecule has 1 saturated carbocycles. The zero-order valence-electron chi connectivity index (χ0n) is 21.7. The van der Waals surface area contributed by atoms with Gasteiger partial charge in [0.15, 0.2) is 0 Å². The minimum absolute atomic E-state index is 0.00201. The molecule has 2 atom stereocenters. The summed E-state index contributed by atoms with van der Waals surface area (Å²) in [5.41, 5.74) is -0.115. The van der Waals surface area contributed by atoms with E-state index in [0.717, 1.165) is 36.9 Å². The molecule has 37 heavy (non-hydrogen) atoms. The molecule has 1 aromatic rings. The van der Waals surface area contributed by atoms with Crippen molar-refractivity contribution in [2.24, 2.45) is 5.92 Å². The van der Waals surface area contributed by atoms with Crippen molar-refractivity contribution in [1.29, 1.82) is 0 Å². The smallest absolute Gasteiger partial charge is 0.306 e. The molecule has 0 aromatic heterocycles. The molecule has 204 valence electrons. The molecule has 1 aromatic carbocycles. The lowest BCUT2D eigenvalue weighted by atomic mass is 9.92. The maximum Gasteiger partial charge on any atom is 0.306 e. The fourth-order valence-electron chi connectivity index (χ4n) is 6.92. The number of ether oxygens (including phenoxy) is 1. The molecule has 3 saturated heterocycles. The topological polar surface area (TPSA) is 73.3 Å². The number of methoxy groups -OCH3 is 1. The quantitative estimate of drug-likeness (QED) is 0.616. The van der Waals surface area contributed by atoms with Crippen molar-refractivity contribution in [3.63, 3.8) is 0 Å². The summed E-state index contributed by atoms with van der Waals surface area (Å²) in [7, 11) is 1.74. The lowest BCUT2D eigenvalue weighted by Crippen LogP contribution is -2.48. The van der Waals surface area contributed by atoms with Crippen molar-refractivity contribution in [1.82, 2.24) is 9.80 Å². The van der Waals surface area contributed by atoms with E-state index >= 15 is 4.39 Å². The Kier molecular flexibility index (Phi) is 7.73. The first-order valence-electron chi connectivity index (χ1n) is 13.8. The molecule has 9 heteroatoms. The average Bonchev–Trinajstić information content (AvgIpc) is 3.56. The zero-order chi connectivity index (χ0) is 26.2. The van der Waals surface area contributed by atoms with Gasteiger partial charge < -0.3 is 19.6 Å². The summed E-state index contributed by atoms with van der Waals surface area (Å²) in [5.74, 6) is -1.89. The normalized spacial score (nSPS) is 31.7. The van der Waals surface area contributed by atoms with E-state index in [2.05, 4.69) is 9.80 Å². The molecule has 7 nitrogen and oxygen atoms in total. The molecule has 0 spiro atoms. The summed E-state index contributed by atoms with van der Waals surface area (Å²) in [6.45, 7) is 2.79. The highest BCUT2D eigenvalue weighted by molar-refractivity contribution is 5.86. The predicted octanol–water partition coefficient (Wildman–Crippen LogP) is 3.81. The fourth-order valence-corrected chi connectivity index (χ4v) is 6.92. The Labute approximate surface area is 217 Å². The molecule has 0 radical (unpaired) electrons. The summed E-state index contributed by atoms with van der Waals surface area (Å²) in [5, 5.41) is 9.31. The summed E-state index contributed by atoms with van der Waals surface area (Å²) in [6.07, 6.45) is 6.19.